The Hall–Kier alpha value is -11.0. The summed E-state index contributed by atoms with van der Waals surface area (Å²) in [6.45, 7) is 71.7. The van der Waals surface area contributed by atoms with Crippen molar-refractivity contribution >= 4 is 91.6 Å². The van der Waals surface area contributed by atoms with E-state index < -0.39 is 35.9 Å². The number of alkyl halides is 6. The van der Waals surface area contributed by atoms with Crippen molar-refractivity contribution in [1.29, 1.82) is 0 Å². The fourth-order valence-electron chi connectivity index (χ4n) is 14.4. The lowest BCUT2D eigenvalue weighted by Gasteiger charge is -2.20. The van der Waals surface area contributed by atoms with E-state index in [1.807, 2.05) is 153 Å². The van der Waals surface area contributed by atoms with E-state index in [0.29, 0.717) is 38.9 Å². The number of ether oxygens (including phenoxy) is 4. The highest BCUT2D eigenvalue weighted by atomic mass is 127. The smallest absolute Gasteiger partial charge is 0.465 e. The molecule has 814 valence electrons. The summed E-state index contributed by atoms with van der Waals surface area (Å²) in [5.41, 5.74) is 13.4. The summed E-state index contributed by atoms with van der Waals surface area (Å²) in [6.07, 6.45) is 4.43. The van der Waals surface area contributed by atoms with Crippen molar-refractivity contribution in [3.05, 3.63) is 312 Å². The van der Waals surface area contributed by atoms with E-state index in [1.54, 1.807) is 36.5 Å². The maximum Gasteiger partial charge on any atom is 0.573 e. The summed E-state index contributed by atoms with van der Waals surface area (Å²) in [5.74, 6) is 2.10. The largest absolute Gasteiger partial charge is 0.573 e. The van der Waals surface area contributed by atoms with Crippen molar-refractivity contribution in [3.8, 4) is 17.2 Å². The molecule has 13 rings (SSSR count). The van der Waals surface area contributed by atoms with Crippen LogP contribution in [0.5, 0.6) is 5.75 Å². The normalized spacial score (nSPS) is 12.0. The first-order chi connectivity index (χ1) is 68.3. The molecule has 27 heteroatoms. The van der Waals surface area contributed by atoms with E-state index >= 15 is 0 Å². The van der Waals surface area contributed by atoms with Crippen LogP contribution in [0.15, 0.2) is 240 Å². The highest BCUT2D eigenvalue weighted by molar-refractivity contribution is 14.1. The molecule has 6 aromatic heterocycles. The zero-order valence-electron chi connectivity index (χ0n) is 94.7. The molecule has 0 atom stereocenters. The molecule has 0 spiro atoms. The average Bonchev–Trinajstić information content (AvgIpc) is 1.64. The number of halogens is 9. The minimum absolute atomic E-state index is 0.0816. The second-order valence-corrected chi connectivity index (χ2v) is 52.1. The van der Waals surface area contributed by atoms with Gasteiger partial charge in [-0.2, -0.15) is 18.2 Å². The fraction of sp³-hybridized carbons (Fsp3) is 0.475. The van der Waals surface area contributed by atoms with Crippen LogP contribution in [0.1, 0.15) is 306 Å². The summed E-state index contributed by atoms with van der Waals surface area (Å²) in [6, 6.07) is 65.6. The number of carbonyl (C=O) groups excluding carboxylic acids is 3. The summed E-state index contributed by atoms with van der Waals surface area (Å²) >= 11 is 14.2. The Morgan fingerprint density at radius 1 is 0.430 bits per heavy atom. The van der Waals surface area contributed by atoms with Gasteiger partial charge in [0.05, 0.1) is 35.8 Å². The van der Waals surface area contributed by atoms with Gasteiger partial charge in [-0.15, -0.1) is 18.3 Å². The molecule has 0 bridgehead atoms. The number of nitrogens with one attached hydrogen (secondary N) is 1. The van der Waals surface area contributed by atoms with Crippen molar-refractivity contribution < 1.29 is 68.6 Å². The van der Waals surface area contributed by atoms with Gasteiger partial charge in [-0.25, -0.2) is 29.0 Å². The van der Waals surface area contributed by atoms with Gasteiger partial charge in [0.25, 0.3) is 5.89 Å². The number of hydrogen-bond donors (Lipinski definition) is 1. The van der Waals surface area contributed by atoms with E-state index in [-0.39, 0.29) is 65.9 Å². The number of nitrogens with zero attached hydrogens (tertiary/aromatic N) is 8. The van der Waals surface area contributed by atoms with E-state index in [0.717, 1.165) is 120 Å². The van der Waals surface area contributed by atoms with E-state index in [4.69, 9.17) is 36.9 Å². The third kappa shape index (κ3) is 59.4. The van der Waals surface area contributed by atoms with Crippen LogP contribution in [0.2, 0.25) is 10.0 Å². The number of amides is 1. The van der Waals surface area contributed by atoms with Crippen molar-refractivity contribution in [2.24, 2.45) is 54.1 Å². The molecular formula is C122H164Cl2F6IN9O9. The minimum Gasteiger partial charge on any atom is -0.465 e. The Labute approximate surface area is 907 Å². The number of pyridine rings is 3. The molecule has 0 unspecified atom stereocenters. The van der Waals surface area contributed by atoms with Gasteiger partial charge in [0, 0.05) is 57.5 Å². The number of fused-ring (bicyclic) bond motifs is 2. The number of aromatic nitrogens is 8. The average molecular weight is 2210 g/mol. The van der Waals surface area contributed by atoms with Crippen molar-refractivity contribution in [2.45, 2.75) is 311 Å². The standard InChI is InChI=1S/C15H15ClF3N.C15H24N2O2.C13H16N2O.C13H18O2.C12H15F3O.C11H15Cl.C11H15I.C11H15N3.C11H16O3.C10H15N/c1-14(2,3)8-9-4-5-12-10(6-9)11(16)7-13(20-12)15(17,18)19;1-14(2,3)10-11-7-8-16-12(9-11)17-13(18)19-15(4,5)6;1-13(2,3)9-11-14-12(16-15-11)10-7-5-4-6-8-10;1-13(2,3)9-10-5-7-11(8-6-10)12(14)15-4;1-11(2,3)8-9-4-6-10(7-5-9)16-12(13,14)15;1-11(2,3)8-9-4-6-10(12)7-5-9;1-11(2,3)8-9-6-4-5-7-10(9)12;1-11(2,3)8-14-10-7-5-4-6-9(10)12-13-14;1-11(2,3)7-8-5-6-9(14-8)10(12)13-4;1-10(2,3)7-9-5-4-6-11-8-9/h4-7H,8H2,1-3H3;7-9H,10H2,1-6H3,(H,16,17,18);4-8H,9H2,1-3H3;5-8H,9H2,1-4H3;4-7H,8H2,1-3H3;2*4-7H,8H2,1-3H3;4-7H,8H2,1-3H3;5-6H,7H2,1-4H3;4-6,8H,7H2,1-3H3. The first-order valence-corrected chi connectivity index (χ1v) is 51.9. The van der Waals surface area contributed by atoms with Crippen LogP contribution < -0.4 is 10.1 Å². The monoisotopic (exact) mass is 2210 g/mol. The number of esters is 2. The van der Waals surface area contributed by atoms with Gasteiger partial charge in [-0.1, -0.05) is 338 Å². The topological polar surface area (TPSA) is 222 Å². The van der Waals surface area contributed by atoms with Crippen LogP contribution in [0.25, 0.3) is 33.4 Å². The van der Waals surface area contributed by atoms with Crippen molar-refractivity contribution in [2.75, 3.05) is 19.5 Å². The molecule has 1 N–H and O–H groups in total. The van der Waals surface area contributed by atoms with Gasteiger partial charge in [0.2, 0.25) is 5.76 Å². The molecule has 0 saturated heterocycles. The van der Waals surface area contributed by atoms with Crippen LogP contribution in [0, 0.1) is 57.7 Å². The minimum atomic E-state index is -4.62. The van der Waals surface area contributed by atoms with E-state index in [9.17, 15) is 40.7 Å². The number of anilines is 1. The number of carbonyl (C=O) groups is 3. The Kier molecular flexibility index (Phi) is 50.2. The molecule has 0 radical (unpaired) electrons. The van der Waals surface area contributed by atoms with Gasteiger partial charge in [-0.05, 0) is 297 Å². The zero-order valence-corrected chi connectivity index (χ0v) is 98.3. The summed E-state index contributed by atoms with van der Waals surface area (Å²) in [7, 11) is 2.74. The summed E-state index contributed by atoms with van der Waals surface area (Å²) < 4.78 is 106. The van der Waals surface area contributed by atoms with Crippen LogP contribution in [-0.2, 0) is 84.7 Å². The number of furan rings is 1. The lowest BCUT2D eigenvalue weighted by Crippen LogP contribution is -2.27. The van der Waals surface area contributed by atoms with Gasteiger partial charge >= 0.3 is 30.6 Å². The van der Waals surface area contributed by atoms with Gasteiger partial charge in [0.1, 0.15) is 34.1 Å². The molecule has 6 heterocycles. The number of benzene rings is 7. The molecule has 7 aromatic carbocycles. The molecule has 13 aromatic rings. The predicted octanol–water partition coefficient (Wildman–Crippen LogP) is 35.7. The molecule has 149 heavy (non-hydrogen) atoms. The lowest BCUT2D eigenvalue weighted by molar-refractivity contribution is -0.274. The van der Waals surface area contributed by atoms with Gasteiger partial charge in [0.15, 0.2) is 5.82 Å². The second-order valence-electron chi connectivity index (χ2n) is 50.0. The zero-order chi connectivity index (χ0) is 113. The number of rotatable bonds is 15. The van der Waals surface area contributed by atoms with Crippen LogP contribution in [0.3, 0.4) is 0 Å². The van der Waals surface area contributed by atoms with Gasteiger partial charge < -0.3 is 27.9 Å². The van der Waals surface area contributed by atoms with E-state index in [2.05, 4.69) is 334 Å². The van der Waals surface area contributed by atoms with E-state index in [1.165, 1.54) is 52.2 Å². The molecular weight excluding hydrogens is 2050 g/mol. The highest BCUT2D eigenvalue weighted by Gasteiger charge is 2.34. The first kappa shape index (κ1) is 130. The molecule has 0 aliphatic rings. The maximum absolute atomic E-state index is 12.7. The number of para-hydroxylation sites is 1. The van der Waals surface area contributed by atoms with Crippen LogP contribution >= 0.6 is 45.8 Å². The molecule has 0 fully saturated rings. The van der Waals surface area contributed by atoms with Gasteiger partial charge in [-0.3, -0.25) is 10.3 Å². The maximum atomic E-state index is 12.7. The predicted molar refractivity (Wildman–Crippen MR) is 607 cm³/mol. The summed E-state index contributed by atoms with van der Waals surface area (Å²) in [5, 5.41) is 16.4. The SMILES string of the molecule is CC(C)(C)Cc1ccc(Cl)cc1.CC(C)(C)Cc1ccc(OC(F)(F)F)cc1.CC(C)(C)Cc1ccc2nc(C(F)(F)F)cc(Cl)c2c1.CC(C)(C)Cc1ccccc1I.CC(C)(C)Cc1cccnc1.CC(C)(C)Cc1ccnc(NC(=O)OC(C)(C)C)c1.CC(C)(C)Cc1noc(-c2ccccc2)n1.CC(C)(C)Cn1nnc2ccccc21.COC(=O)c1ccc(CC(C)(C)C)cc1.COC(=O)c1ccc(CC(C)(C)C)o1. The summed E-state index contributed by atoms with van der Waals surface area (Å²) in [4.78, 5) is 50.1. The Morgan fingerprint density at radius 2 is 0.899 bits per heavy atom. The van der Waals surface area contributed by atoms with Crippen LogP contribution in [-0.4, -0.2) is 84.3 Å². The van der Waals surface area contributed by atoms with Crippen LogP contribution in [0.4, 0.5) is 37.0 Å². The van der Waals surface area contributed by atoms with Crippen molar-refractivity contribution in [1.82, 2.24) is 40.1 Å². The molecule has 0 aliphatic carbocycles. The molecule has 18 nitrogen and oxygen atoms in total. The second kappa shape index (κ2) is 57.4. The number of methoxy groups -OCH3 is 2. The quantitative estimate of drug-likeness (QED) is 0.0436. The Morgan fingerprint density at radius 3 is 1.38 bits per heavy atom. The Balaban J connectivity index is 0.000000346. The third-order valence-corrected chi connectivity index (χ3v) is 21.4. The highest BCUT2D eigenvalue weighted by Crippen LogP contribution is 2.37. The third-order valence-electron chi connectivity index (χ3n) is 19.8. The fourth-order valence-corrected chi connectivity index (χ4v) is 15.4. The number of hydrogen-bond acceptors (Lipinski definition) is 16. The van der Waals surface area contributed by atoms with Crippen molar-refractivity contribution in [3.63, 3.8) is 0 Å². The first-order valence-electron chi connectivity index (χ1n) is 50.1. The molecule has 0 aliphatic heterocycles. The lowest BCUT2D eigenvalue weighted by atomic mass is 9.88. The molecule has 0 saturated carbocycles. The molecule has 1 amide bonds. The Bertz CT molecular complexity index is 6140.